The van der Waals surface area contributed by atoms with E-state index in [9.17, 15) is 10.4 Å². The van der Waals surface area contributed by atoms with Gasteiger partial charge in [0.1, 0.15) is 11.9 Å². The Morgan fingerprint density at radius 3 is 3.05 bits per heavy atom. The average Bonchev–Trinajstić information content (AvgIpc) is 2.54. The van der Waals surface area contributed by atoms with Gasteiger partial charge in [-0.05, 0) is 63.7 Å². The molecule has 2 rings (SSSR count). The summed E-state index contributed by atoms with van der Waals surface area (Å²) in [6.45, 7) is 8.20. The predicted octanol–water partition coefficient (Wildman–Crippen LogP) is 2.08. The predicted molar refractivity (Wildman–Crippen MR) is 87.8 cm³/mol. The van der Waals surface area contributed by atoms with Gasteiger partial charge in [0.25, 0.3) is 0 Å². The van der Waals surface area contributed by atoms with Gasteiger partial charge in [-0.3, -0.25) is 0 Å². The van der Waals surface area contributed by atoms with Crippen LogP contribution < -0.4 is 5.32 Å². The lowest BCUT2D eigenvalue weighted by molar-refractivity contribution is 0.120. The normalized spacial score (nSPS) is 18.9. The molecule has 1 fully saturated rings. The van der Waals surface area contributed by atoms with Crippen LogP contribution in [-0.4, -0.2) is 47.8 Å². The Bertz CT molecular complexity index is 538. The summed E-state index contributed by atoms with van der Waals surface area (Å²) in [7, 11) is 0. The van der Waals surface area contributed by atoms with E-state index >= 15 is 0 Å². The van der Waals surface area contributed by atoms with Crippen molar-refractivity contribution in [3.63, 3.8) is 0 Å². The van der Waals surface area contributed by atoms with E-state index in [0.717, 1.165) is 50.3 Å². The van der Waals surface area contributed by atoms with Gasteiger partial charge < -0.3 is 15.3 Å². The van der Waals surface area contributed by atoms with Crippen molar-refractivity contribution in [1.29, 1.82) is 5.26 Å². The number of aliphatic hydroxyl groups is 1. The first kappa shape index (κ1) is 16.7. The van der Waals surface area contributed by atoms with E-state index in [2.05, 4.69) is 21.3 Å². The van der Waals surface area contributed by atoms with Gasteiger partial charge in [0.15, 0.2) is 0 Å². The Morgan fingerprint density at radius 2 is 2.32 bits per heavy atom. The maximum Gasteiger partial charge on any atom is 0.144 e. The van der Waals surface area contributed by atoms with Crippen LogP contribution in [0.3, 0.4) is 0 Å². The van der Waals surface area contributed by atoms with E-state index in [1.165, 1.54) is 6.42 Å². The van der Waals surface area contributed by atoms with E-state index in [0.29, 0.717) is 23.9 Å². The molecule has 1 saturated heterocycles. The topological polar surface area (TPSA) is 72.2 Å². The van der Waals surface area contributed by atoms with Crippen LogP contribution in [0.5, 0.6) is 0 Å². The van der Waals surface area contributed by atoms with Crippen molar-refractivity contribution < 1.29 is 5.11 Å². The van der Waals surface area contributed by atoms with Crippen LogP contribution in [0.2, 0.25) is 0 Å². The summed E-state index contributed by atoms with van der Waals surface area (Å²) in [6, 6.07) is 4.09. The maximum absolute atomic E-state index is 9.26. The molecule has 0 radical (unpaired) electrons. The highest BCUT2D eigenvalue weighted by Crippen LogP contribution is 2.17. The second-order valence-corrected chi connectivity index (χ2v) is 6.17. The van der Waals surface area contributed by atoms with Crippen molar-refractivity contribution in [1.82, 2.24) is 9.88 Å². The Hall–Kier alpha value is -1.64. The molecule has 0 aliphatic carbocycles. The third kappa shape index (κ3) is 4.43. The number of pyridine rings is 1. The molecule has 22 heavy (non-hydrogen) atoms. The maximum atomic E-state index is 9.26. The van der Waals surface area contributed by atoms with Crippen LogP contribution >= 0.6 is 0 Å². The minimum Gasteiger partial charge on any atom is -0.396 e. The third-order valence-corrected chi connectivity index (χ3v) is 4.39. The number of nitrogens with one attached hydrogen (secondary N) is 1. The van der Waals surface area contributed by atoms with Crippen LogP contribution in [0, 0.1) is 31.1 Å². The standard InChI is InChI=1S/C17H26N4O/c1-13-9-16(10-18)17(20-14(13)2)19-6-4-8-21-7-3-5-15(11-21)12-22/h9,15,22H,3-8,11-12H2,1-2H3,(H,19,20)/t15-/m0/s1. The first-order valence-electron chi connectivity index (χ1n) is 8.09. The molecule has 1 aliphatic rings. The fourth-order valence-electron chi connectivity index (χ4n) is 2.94. The lowest BCUT2D eigenvalue weighted by atomic mass is 9.99. The monoisotopic (exact) mass is 302 g/mol. The molecule has 0 aromatic carbocycles. The van der Waals surface area contributed by atoms with Crippen molar-refractivity contribution >= 4 is 5.82 Å². The van der Waals surface area contributed by atoms with E-state index < -0.39 is 0 Å². The number of piperidine rings is 1. The summed E-state index contributed by atoms with van der Waals surface area (Å²) in [5.74, 6) is 1.13. The zero-order valence-corrected chi connectivity index (χ0v) is 13.6. The van der Waals surface area contributed by atoms with Crippen molar-refractivity contribution in [3.8, 4) is 6.07 Å². The van der Waals surface area contributed by atoms with Crippen molar-refractivity contribution in [3.05, 3.63) is 22.9 Å². The highest BCUT2D eigenvalue weighted by Gasteiger charge is 2.18. The van der Waals surface area contributed by atoms with E-state index in [4.69, 9.17) is 0 Å². The average molecular weight is 302 g/mol. The largest absolute Gasteiger partial charge is 0.396 e. The van der Waals surface area contributed by atoms with Gasteiger partial charge in [-0.15, -0.1) is 0 Å². The summed E-state index contributed by atoms with van der Waals surface area (Å²) in [5, 5.41) is 21.7. The molecule has 2 N–H and O–H groups in total. The summed E-state index contributed by atoms with van der Waals surface area (Å²) in [6.07, 6.45) is 3.33. The van der Waals surface area contributed by atoms with Crippen LogP contribution in [0.15, 0.2) is 6.07 Å². The number of aromatic nitrogens is 1. The molecule has 2 heterocycles. The highest BCUT2D eigenvalue weighted by atomic mass is 16.3. The molecule has 1 atom stereocenters. The van der Waals surface area contributed by atoms with Crippen molar-refractivity contribution in [2.24, 2.45) is 5.92 Å². The summed E-state index contributed by atoms with van der Waals surface area (Å²) >= 11 is 0. The van der Waals surface area contributed by atoms with Gasteiger partial charge in [0.05, 0.1) is 5.56 Å². The van der Waals surface area contributed by atoms with E-state index in [-0.39, 0.29) is 0 Å². The van der Waals surface area contributed by atoms with Crippen molar-refractivity contribution in [2.45, 2.75) is 33.1 Å². The van der Waals surface area contributed by atoms with Crippen LogP contribution in [0.1, 0.15) is 36.1 Å². The zero-order chi connectivity index (χ0) is 15.9. The number of anilines is 1. The molecule has 5 nitrogen and oxygen atoms in total. The van der Waals surface area contributed by atoms with Gasteiger partial charge in [0.2, 0.25) is 0 Å². The lowest BCUT2D eigenvalue weighted by Gasteiger charge is -2.31. The molecule has 5 heteroatoms. The Balaban J connectivity index is 1.79. The minimum absolute atomic E-state index is 0.298. The highest BCUT2D eigenvalue weighted by molar-refractivity contribution is 5.53. The number of rotatable bonds is 6. The van der Waals surface area contributed by atoms with Crippen LogP contribution in [0.25, 0.3) is 0 Å². The molecule has 1 aromatic rings. The number of aliphatic hydroxyl groups excluding tert-OH is 1. The Labute approximate surface area is 133 Å². The van der Waals surface area contributed by atoms with Crippen molar-refractivity contribution in [2.75, 3.05) is 38.1 Å². The molecule has 0 amide bonds. The number of aryl methyl sites for hydroxylation is 2. The molecule has 120 valence electrons. The molecular formula is C17H26N4O. The first-order chi connectivity index (χ1) is 10.6. The third-order valence-electron chi connectivity index (χ3n) is 4.39. The van der Waals surface area contributed by atoms with E-state index in [1.807, 2.05) is 19.9 Å². The number of nitrogens with zero attached hydrogens (tertiary/aromatic N) is 3. The lowest BCUT2D eigenvalue weighted by Crippen LogP contribution is -2.37. The van der Waals surface area contributed by atoms with Gasteiger partial charge in [-0.1, -0.05) is 0 Å². The molecule has 1 aromatic heterocycles. The minimum atomic E-state index is 0.298. The van der Waals surface area contributed by atoms with Crippen LogP contribution in [0.4, 0.5) is 5.82 Å². The summed E-state index contributed by atoms with van der Waals surface area (Å²) in [5.41, 5.74) is 2.62. The first-order valence-corrected chi connectivity index (χ1v) is 8.09. The van der Waals surface area contributed by atoms with Gasteiger partial charge >= 0.3 is 0 Å². The summed E-state index contributed by atoms with van der Waals surface area (Å²) < 4.78 is 0. The fourth-order valence-corrected chi connectivity index (χ4v) is 2.94. The molecule has 1 aliphatic heterocycles. The smallest absolute Gasteiger partial charge is 0.144 e. The van der Waals surface area contributed by atoms with Crippen LogP contribution in [-0.2, 0) is 0 Å². The fraction of sp³-hybridized carbons (Fsp3) is 0.647. The molecular weight excluding hydrogens is 276 g/mol. The van der Waals surface area contributed by atoms with Gasteiger partial charge in [-0.25, -0.2) is 4.98 Å². The summed E-state index contributed by atoms with van der Waals surface area (Å²) in [4.78, 5) is 6.89. The SMILES string of the molecule is Cc1cc(C#N)c(NCCCN2CCC[C@H](CO)C2)nc1C. The zero-order valence-electron chi connectivity index (χ0n) is 13.6. The number of hydrogen-bond acceptors (Lipinski definition) is 5. The Morgan fingerprint density at radius 1 is 1.50 bits per heavy atom. The number of hydrogen-bond donors (Lipinski definition) is 2. The molecule has 0 bridgehead atoms. The Kier molecular flexibility index (Phi) is 6.17. The number of nitriles is 1. The number of likely N-dealkylation sites (tertiary alicyclic amines) is 1. The second kappa shape index (κ2) is 8.11. The quantitative estimate of drug-likeness (QED) is 0.787. The second-order valence-electron chi connectivity index (χ2n) is 6.17. The molecule has 0 spiro atoms. The van der Waals surface area contributed by atoms with Gasteiger partial charge in [0, 0.05) is 25.4 Å². The van der Waals surface area contributed by atoms with E-state index in [1.54, 1.807) is 0 Å². The van der Waals surface area contributed by atoms with Gasteiger partial charge in [-0.2, -0.15) is 5.26 Å². The molecule has 0 unspecified atom stereocenters. The molecule has 0 saturated carbocycles.